The number of rotatable bonds is 4. The lowest BCUT2D eigenvalue weighted by atomic mass is 9.82. The van der Waals surface area contributed by atoms with Gasteiger partial charge in [-0.1, -0.05) is 6.07 Å². The number of benzene rings is 1. The molecule has 2 fully saturated rings. The average molecular weight is 391 g/mol. The fraction of sp³-hybridized carbons (Fsp3) is 0.381. The van der Waals surface area contributed by atoms with E-state index in [1.165, 1.54) is 18.6 Å². The molecule has 2 aliphatic rings. The van der Waals surface area contributed by atoms with Crippen molar-refractivity contribution in [2.45, 2.75) is 18.4 Å². The van der Waals surface area contributed by atoms with Gasteiger partial charge in [-0.25, -0.2) is 4.98 Å². The highest BCUT2D eigenvalue weighted by Crippen LogP contribution is 2.36. The van der Waals surface area contributed by atoms with Crippen molar-refractivity contribution in [3.63, 3.8) is 0 Å². The van der Waals surface area contributed by atoms with Crippen molar-refractivity contribution in [2.75, 3.05) is 26.2 Å². The first-order valence-corrected chi connectivity index (χ1v) is 9.56. The predicted molar refractivity (Wildman–Crippen MR) is 103 cm³/mol. The minimum absolute atomic E-state index is 0.0744. The Hall–Kier alpha value is -3.31. The van der Waals surface area contributed by atoms with Crippen molar-refractivity contribution < 1.29 is 14.3 Å². The third-order valence-electron chi connectivity index (χ3n) is 5.46. The first-order valence-electron chi connectivity index (χ1n) is 9.56. The summed E-state index contributed by atoms with van der Waals surface area (Å²) in [7, 11) is 0. The molecule has 8 heteroatoms. The maximum Gasteiger partial charge on any atom is 0.271 e. The monoisotopic (exact) mass is 391 g/mol. The van der Waals surface area contributed by atoms with Crippen molar-refractivity contribution in [3.8, 4) is 6.07 Å². The van der Waals surface area contributed by atoms with Crippen LogP contribution >= 0.6 is 0 Å². The summed E-state index contributed by atoms with van der Waals surface area (Å²) in [4.78, 5) is 34.3. The number of carbonyl (C=O) groups is 2. The summed E-state index contributed by atoms with van der Waals surface area (Å²) in [6, 6.07) is 8.80. The van der Waals surface area contributed by atoms with Crippen LogP contribution in [0.4, 0.5) is 0 Å². The molecule has 0 aliphatic carbocycles. The molecule has 0 radical (unpaired) electrons. The number of hydrogen-bond acceptors (Lipinski definition) is 6. The molecule has 2 amide bonds. The van der Waals surface area contributed by atoms with E-state index in [2.05, 4.69) is 21.4 Å². The molecule has 1 aromatic carbocycles. The normalized spacial score (nSPS) is 19.8. The summed E-state index contributed by atoms with van der Waals surface area (Å²) < 4.78 is 6.09. The minimum Gasteiger partial charge on any atom is -0.371 e. The van der Waals surface area contributed by atoms with Gasteiger partial charge >= 0.3 is 0 Å². The SMILES string of the molecule is N#Cc1cccc(C(=O)N2CC3(CC[C@@H](CNC(=O)c4cnccn4)CO3)C2)c1. The van der Waals surface area contributed by atoms with Crippen molar-refractivity contribution in [3.05, 3.63) is 59.7 Å². The van der Waals surface area contributed by atoms with Gasteiger partial charge in [-0.2, -0.15) is 5.26 Å². The second kappa shape index (κ2) is 7.97. The number of amides is 2. The van der Waals surface area contributed by atoms with E-state index >= 15 is 0 Å². The summed E-state index contributed by atoms with van der Waals surface area (Å²) >= 11 is 0. The van der Waals surface area contributed by atoms with Crippen LogP contribution in [0.5, 0.6) is 0 Å². The fourth-order valence-electron chi connectivity index (χ4n) is 3.77. The minimum atomic E-state index is -0.284. The van der Waals surface area contributed by atoms with Gasteiger partial charge in [0.2, 0.25) is 0 Å². The molecule has 0 saturated carbocycles. The molecular formula is C21H21N5O3. The largest absolute Gasteiger partial charge is 0.371 e. The van der Waals surface area contributed by atoms with Gasteiger partial charge in [0.05, 0.1) is 37.5 Å². The van der Waals surface area contributed by atoms with Gasteiger partial charge in [-0.3, -0.25) is 14.6 Å². The van der Waals surface area contributed by atoms with E-state index < -0.39 is 0 Å². The van der Waals surface area contributed by atoms with Crippen LogP contribution in [-0.2, 0) is 4.74 Å². The molecule has 0 unspecified atom stereocenters. The van der Waals surface area contributed by atoms with Crippen LogP contribution < -0.4 is 5.32 Å². The van der Waals surface area contributed by atoms with E-state index in [0.29, 0.717) is 43.1 Å². The number of carbonyl (C=O) groups excluding carboxylic acids is 2. The van der Waals surface area contributed by atoms with E-state index in [0.717, 1.165) is 12.8 Å². The van der Waals surface area contributed by atoms with E-state index in [1.54, 1.807) is 29.2 Å². The zero-order valence-electron chi connectivity index (χ0n) is 15.9. The molecule has 8 nitrogen and oxygen atoms in total. The fourth-order valence-corrected chi connectivity index (χ4v) is 3.77. The van der Waals surface area contributed by atoms with Crippen molar-refractivity contribution >= 4 is 11.8 Å². The molecule has 148 valence electrons. The number of likely N-dealkylation sites (tertiary alicyclic amines) is 1. The summed E-state index contributed by atoms with van der Waals surface area (Å²) in [5.74, 6) is -0.0774. The Bertz CT molecular complexity index is 940. The molecule has 1 spiro atoms. The Morgan fingerprint density at radius 1 is 1.34 bits per heavy atom. The number of nitrogens with one attached hydrogen (secondary N) is 1. The highest BCUT2D eigenvalue weighted by atomic mass is 16.5. The summed E-state index contributed by atoms with van der Waals surface area (Å²) in [5.41, 5.74) is 1.02. The topological polar surface area (TPSA) is 108 Å². The Morgan fingerprint density at radius 3 is 2.90 bits per heavy atom. The lowest BCUT2D eigenvalue weighted by Crippen LogP contribution is -2.66. The zero-order valence-corrected chi connectivity index (χ0v) is 15.9. The highest BCUT2D eigenvalue weighted by Gasteiger charge is 2.48. The summed E-state index contributed by atoms with van der Waals surface area (Å²) in [5, 5.41) is 11.9. The van der Waals surface area contributed by atoms with Gasteiger partial charge < -0.3 is 15.0 Å². The van der Waals surface area contributed by atoms with Crippen LogP contribution in [0.3, 0.4) is 0 Å². The second-order valence-electron chi connectivity index (χ2n) is 7.55. The lowest BCUT2D eigenvalue weighted by molar-refractivity contribution is -0.166. The molecule has 2 aliphatic heterocycles. The molecule has 2 saturated heterocycles. The first kappa shape index (κ1) is 19.0. The molecule has 1 atom stereocenters. The highest BCUT2D eigenvalue weighted by molar-refractivity contribution is 5.95. The van der Waals surface area contributed by atoms with Crippen LogP contribution in [0.25, 0.3) is 0 Å². The number of aromatic nitrogens is 2. The third kappa shape index (κ3) is 4.10. The lowest BCUT2D eigenvalue weighted by Gasteiger charge is -2.52. The van der Waals surface area contributed by atoms with E-state index in [4.69, 9.17) is 10.00 Å². The number of ether oxygens (including phenoxy) is 1. The van der Waals surface area contributed by atoms with Crippen LogP contribution in [0.1, 0.15) is 39.3 Å². The third-order valence-corrected chi connectivity index (χ3v) is 5.46. The smallest absolute Gasteiger partial charge is 0.271 e. The molecule has 0 bridgehead atoms. The van der Waals surface area contributed by atoms with E-state index in [9.17, 15) is 9.59 Å². The van der Waals surface area contributed by atoms with Crippen LogP contribution in [-0.4, -0.2) is 58.5 Å². The second-order valence-corrected chi connectivity index (χ2v) is 7.55. The zero-order chi connectivity index (χ0) is 20.3. The van der Waals surface area contributed by atoms with Crippen LogP contribution in [0, 0.1) is 17.2 Å². The van der Waals surface area contributed by atoms with Gasteiger partial charge in [0.15, 0.2) is 0 Å². The number of nitrogens with zero attached hydrogens (tertiary/aromatic N) is 4. The van der Waals surface area contributed by atoms with Crippen LogP contribution in [0.15, 0.2) is 42.9 Å². The summed E-state index contributed by atoms with van der Waals surface area (Å²) in [6.45, 7) is 2.18. The van der Waals surface area contributed by atoms with Gasteiger partial charge in [0.25, 0.3) is 11.8 Å². The number of nitriles is 1. The van der Waals surface area contributed by atoms with E-state index in [1.807, 2.05) is 0 Å². The number of hydrogen-bond donors (Lipinski definition) is 1. The standard InChI is InChI=1S/C21H21N5O3/c22-9-15-2-1-3-17(8-15)20(28)26-13-21(14-26)5-4-16(12-29-21)10-25-19(27)18-11-23-6-7-24-18/h1-3,6-8,11,16H,4-5,10,12-14H2,(H,25,27)/t16-/m0/s1. The Kier molecular flexibility index (Phi) is 5.23. The quantitative estimate of drug-likeness (QED) is 0.844. The van der Waals surface area contributed by atoms with Crippen molar-refractivity contribution in [1.29, 1.82) is 5.26 Å². The maximum atomic E-state index is 12.6. The Labute approximate surface area is 168 Å². The molecule has 3 heterocycles. The summed E-state index contributed by atoms with van der Waals surface area (Å²) in [6.07, 6.45) is 6.22. The predicted octanol–water partition coefficient (Wildman–Crippen LogP) is 1.40. The Morgan fingerprint density at radius 2 is 2.21 bits per heavy atom. The molecule has 29 heavy (non-hydrogen) atoms. The molecule has 1 N–H and O–H groups in total. The maximum absolute atomic E-state index is 12.6. The van der Waals surface area contributed by atoms with E-state index in [-0.39, 0.29) is 23.3 Å². The van der Waals surface area contributed by atoms with Crippen molar-refractivity contribution in [2.24, 2.45) is 5.92 Å². The van der Waals surface area contributed by atoms with Crippen molar-refractivity contribution in [1.82, 2.24) is 20.2 Å². The Balaban J connectivity index is 1.24. The molecule has 1 aromatic heterocycles. The average Bonchev–Trinajstić information content (AvgIpc) is 2.76. The molecular weight excluding hydrogens is 370 g/mol. The van der Waals surface area contributed by atoms with Crippen LogP contribution in [0.2, 0.25) is 0 Å². The molecule has 2 aromatic rings. The van der Waals surface area contributed by atoms with Gasteiger partial charge in [-0.05, 0) is 37.0 Å². The molecule has 4 rings (SSSR count). The van der Waals surface area contributed by atoms with Gasteiger partial charge in [-0.15, -0.1) is 0 Å². The first-order chi connectivity index (χ1) is 14.1. The van der Waals surface area contributed by atoms with Gasteiger partial charge in [0, 0.05) is 24.5 Å². The van der Waals surface area contributed by atoms with Gasteiger partial charge in [0.1, 0.15) is 11.3 Å².